The Balaban J connectivity index is 1.41. The number of nitrogens with zero attached hydrogens (tertiary/aromatic N) is 4. The van der Waals surface area contributed by atoms with Gasteiger partial charge in [-0.05, 0) is 51.2 Å². The Morgan fingerprint density at radius 1 is 1.03 bits per heavy atom. The maximum Gasteiger partial charge on any atom is 0.411 e. The number of alkyl halides is 2. The fourth-order valence-corrected chi connectivity index (χ4v) is 5.72. The lowest BCUT2D eigenvalue weighted by atomic mass is 9.86. The number of amides is 1. The molecule has 1 aliphatic carbocycles. The Kier molecular flexibility index (Phi) is 5.65. The first-order chi connectivity index (χ1) is 16.3. The molecule has 1 aliphatic heterocycles. The highest BCUT2D eigenvalue weighted by molar-refractivity contribution is 5.75. The molecule has 1 amide bonds. The van der Waals surface area contributed by atoms with Crippen LogP contribution in [0.2, 0.25) is 0 Å². The van der Waals surface area contributed by atoms with Gasteiger partial charge in [-0.1, -0.05) is 30.3 Å². The molecule has 1 saturated heterocycles. The van der Waals surface area contributed by atoms with Gasteiger partial charge in [0.1, 0.15) is 5.60 Å². The molecule has 2 fully saturated rings. The summed E-state index contributed by atoms with van der Waals surface area (Å²) >= 11 is 0. The van der Waals surface area contributed by atoms with E-state index >= 15 is 0 Å². The zero-order chi connectivity index (χ0) is 24.0. The van der Waals surface area contributed by atoms with Crippen molar-refractivity contribution in [1.82, 2.24) is 19.0 Å². The molecule has 3 aromatic rings. The Labute approximate surface area is 195 Å². The van der Waals surface area contributed by atoms with Crippen molar-refractivity contribution in [2.75, 3.05) is 0 Å². The number of hydrogen-bond donors (Lipinski definition) is 0. The second-order valence-corrected chi connectivity index (χ2v) is 9.67. The van der Waals surface area contributed by atoms with E-state index < -0.39 is 24.3 Å². The first-order valence-corrected chi connectivity index (χ1v) is 11.7. The van der Waals surface area contributed by atoms with Gasteiger partial charge in [0.15, 0.2) is 0 Å². The van der Waals surface area contributed by atoms with E-state index in [-0.39, 0.29) is 24.2 Å². The Morgan fingerprint density at radius 2 is 1.71 bits per heavy atom. The molecule has 0 spiro atoms. The highest BCUT2D eigenvalue weighted by Crippen LogP contribution is 2.45. The summed E-state index contributed by atoms with van der Waals surface area (Å²) in [5.41, 5.74) is 0.967. The van der Waals surface area contributed by atoms with Crippen molar-refractivity contribution in [3.8, 4) is 0 Å². The molecule has 1 saturated carbocycles. The maximum absolute atomic E-state index is 13.1. The van der Waals surface area contributed by atoms with Crippen LogP contribution in [0.1, 0.15) is 57.2 Å². The van der Waals surface area contributed by atoms with Gasteiger partial charge in [0, 0.05) is 18.3 Å². The van der Waals surface area contributed by atoms with E-state index in [0.29, 0.717) is 36.7 Å². The number of rotatable bonds is 5. The van der Waals surface area contributed by atoms with E-state index in [1.165, 1.54) is 6.20 Å². The van der Waals surface area contributed by atoms with Gasteiger partial charge in [-0.3, -0.25) is 19.0 Å². The van der Waals surface area contributed by atoms with Gasteiger partial charge in [0.2, 0.25) is 0 Å². The molecule has 180 valence electrons. The van der Waals surface area contributed by atoms with Crippen LogP contribution in [0.25, 0.3) is 11.0 Å². The Hall–Kier alpha value is -3.23. The number of carbonyl (C=O) groups excluding carboxylic acids is 1. The largest absolute Gasteiger partial charge is 0.441 e. The van der Waals surface area contributed by atoms with Crippen LogP contribution in [-0.2, 0) is 11.3 Å². The number of hydrogen-bond acceptors (Lipinski definition) is 4. The first kappa shape index (κ1) is 22.6. The number of carbonyl (C=O) groups is 1. The molecule has 9 heteroatoms. The summed E-state index contributed by atoms with van der Waals surface area (Å²) in [6.07, 6.45) is 2.79. The minimum atomic E-state index is -2.63. The minimum absolute atomic E-state index is 0.0255. The van der Waals surface area contributed by atoms with Crippen molar-refractivity contribution in [3.63, 3.8) is 0 Å². The summed E-state index contributed by atoms with van der Waals surface area (Å²) in [7, 11) is 0. The van der Waals surface area contributed by atoms with E-state index in [4.69, 9.17) is 4.74 Å². The first-order valence-electron chi connectivity index (χ1n) is 11.7. The normalized spacial score (nSPS) is 24.7. The molecule has 2 aliphatic rings. The van der Waals surface area contributed by atoms with Gasteiger partial charge in [-0.25, -0.2) is 18.4 Å². The van der Waals surface area contributed by atoms with Crippen LogP contribution >= 0.6 is 0 Å². The van der Waals surface area contributed by atoms with E-state index in [1.54, 1.807) is 16.8 Å². The zero-order valence-electron chi connectivity index (χ0n) is 19.2. The fourth-order valence-electron chi connectivity index (χ4n) is 5.72. The number of imidazole rings is 1. The molecule has 2 aromatic heterocycles. The summed E-state index contributed by atoms with van der Waals surface area (Å²) < 4.78 is 34.8. The van der Waals surface area contributed by atoms with Gasteiger partial charge in [-0.15, -0.1) is 0 Å². The molecule has 34 heavy (non-hydrogen) atoms. The average Bonchev–Trinajstić information content (AvgIpc) is 3.22. The second-order valence-electron chi connectivity index (χ2n) is 9.67. The molecule has 1 atom stereocenters. The lowest BCUT2D eigenvalue weighted by molar-refractivity contribution is 0.0662. The summed E-state index contributed by atoms with van der Waals surface area (Å²) in [5, 5.41) is 0. The van der Waals surface area contributed by atoms with Gasteiger partial charge < -0.3 is 4.74 Å². The van der Waals surface area contributed by atoms with Gasteiger partial charge in [-0.2, -0.15) is 0 Å². The lowest BCUT2D eigenvalue weighted by Gasteiger charge is -2.38. The predicted octanol–water partition coefficient (Wildman–Crippen LogP) is 4.92. The van der Waals surface area contributed by atoms with Crippen LogP contribution in [-0.4, -0.2) is 43.2 Å². The highest BCUT2D eigenvalue weighted by atomic mass is 19.3. The van der Waals surface area contributed by atoms with Crippen LogP contribution < -0.4 is 5.69 Å². The lowest BCUT2D eigenvalue weighted by Crippen LogP contribution is -2.43. The second kappa shape index (κ2) is 8.52. The SMILES string of the molecule is CC1(C)OC(=O)N(C2CCC(n3c(=O)n(CC(F)F)c4cnccc43)CC2)C1c1ccccc1. The number of benzene rings is 1. The molecule has 5 rings (SSSR count). The van der Waals surface area contributed by atoms with E-state index in [9.17, 15) is 18.4 Å². The van der Waals surface area contributed by atoms with Crippen molar-refractivity contribution in [2.24, 2.45) is 0 Å². The van der Waals surface area contributed by atoms with Crippen molar-refractivity contribution >= 4 is 17.1 Å². The van der Waals surface area contributed by atoms with Crippen molar-refractivity contribution < 1.29 is 18.3 Å². The zero-order valence-corrected chi connectivity index (χ0v) is 19.2. The number of halogens is 2. The number of ether oxygens (including phenoxy) is 1. The summed E-state index contributed by atoms with van der Waals surface area (Å²) in [5.74, 6) is 0. The molecule has 7 nitrogen and oxygen atoms in total. The minimum Gasteiger partial charge on any atom is -0.441 e. The van der Waals surface area contributed by atoms with Crippen molar-refractivity contribution in [2.45, 2.75) is 76.2 Å². The Bertz CT molecular complexity index is 1250. The Morgan fingerprint density at radius 3 is 2.38 bits per heavy atom. The monoisotopic (exact) mass is 470 g/mol. The summed E-state index contributed by atoms with van der Waals surface area (Å²) in [6, 6.07) is 11.2. The number of pyridine rings is 1. The predicted molar refractivity (Wildman–Crippen MR) is 123 cm³/mol. The van der Waals surface area contributed by atoms with E-state index in [0.717, 1.165) is 10.1 Å². The van der Waals surface area contributed by atoms with Crippen molar-refractivity contribution in [3.05, 3.63) is 64.8 Å². The fraction of sp³-hybridized carbons (Fsp3) is 0.480. The summed E-state index contributed by atoms with van der Waals surface area (Å²) in [6.45, 7) is 3.20. The maximum atomic E-state index is 13.1. The molecule has 1 unspecified atom stereocenters. The van der Waals surface area contributed by atoms with Crippen molar-refractivity contribution in [1.29, 1.82) is 0 Å². The molecule has 0 bridgehead atoms. The van der Waals surface area contributed by atoms with E-state index in [2.05, 4.69) is 4.98 Å². The van der Waals surface area contributed by atoms with Gasteiger partial charge in [0.05, 0.1) is 29.8 Å². The van der Waals surface area contributed by atoms with Crippen LogP contribution in [0.4, 0.5) is 13.6 Å². The topological polar surface area (TPSA) is 69.4 Å². The van der Waals surface area contributed by atoms with Crippen LogP contribution in [0.5, 0.6) is 0 Å². The molecule has 1 aromatic carbocycles. The van der Waals surface area contributed by atoms with Crippen LogP contribution in [0.3, 0.4) is 0 Å². The third-order valence-corrected chi connectivity index (χ3v) is 7.12. The molecule has 0 radical (unpaired) electrons. The van der Waals surface area contributed by atoms with Gasteiger partial charge >= 0.3 is 11.8 Å². The average molecular weight is 471 g/mol. The molecular weight excluding hydrogens is 442 g/mol. The van der Waals surface area contributed by atoms with Crippen LogP contribution in [0, 0.1) is 0 Å². The van der Waals surface area contributed by atoms with E-state index in [1.807, 2.05) is 49.1 Å². The number of fused-ring (bicyclic) bond motifs is 1. The quantitative estimate of drug-likeness (QED) is 0.531. The standard InChI is InChI=1S/C25H28F2N4O3/c1-25(2)22(16-6-4-3-5-7-16)31(24(33)34-25)18-10-8-17(9-11-18)30-19-12-13-28-14-20(19)29(23(30)32)15-21(26)27/h3-7,12-14,17-18,21-22H,8-11,15H2,1-2H3. The number of cyclic esters (lactones) is 1. The van der Waals surface area contributed by atoms with Gasteiger partial charge in [0.25, 0.3) is 6.43 Å². The third kappa shape index (κ3) is 3.76. The smallest absolute Gasteiger partial charge is 0.411 e. The molecule has 0 N–H and O–H groups in total. The number of aromatic nitrogens is 3. The third-order valence-electron chi connectivity index (χ3n) is 7.12. The molecular formula is C25H28F2N4O3. The highest BCUT2D eigenvalue weighted by Gasteiger charge is 2.51. The van der Waals surface area contributed by atoms with Crippen LogP contribution in [0.15, 0.2) is 53.6 Å². The molecule has 3 heterocycles. The summed E-state index contributed by atoms with van der Waals surface area (Å²) in [4.78, 5) is 31.9.